The molecule has 2 heterocycles. The summed E-state index contributed by atoms with van der Waals surface area (Å²) in [7, 11) is 0. The van der Waals surface area contributed by atoms with Crippen LogP contribution in [0.5, 0.6) is 0 Å². The number of rotatable bonds is 5. The lowest BCUT2D eigenvalue weighted by Gasteiger charge is -2.35. The van der Waals surface area contributed by atoms with E-state index < -0.39 is 0 Å². The molecular formula is C16H26N4O. The van der Waals surface area contributed by atoms with E-state index >= 15 is 0 Å². The minimum atomic E-state index is -0.0854. The van der Waals surface area contributed by atoms with Crippen LogP contribution in [0.25, 0.3) is 0 Å². The van der Waals surface area contributed by atoms with Crippen molar-refractivity contribution < 1.29 is 4.79 Å². The van der Waals surface area contributed by atoms with Crippen LogP contribution in [0, 0.1) is 5.92 Å². The lowest BCUT2D eigenvalue weighted by Crippen LogP contribution is -2.46. The maximum absolute atomic E-state index is 12.1. The van der Waals surface area contributed by atoms with E-state index in [0.29, 0.717) is 18.2 Å². The summed E-state index contributed by atoms with van der Waals surface area (Å²) in [6.45, 7) is 12.3. The van der Waals surface area contributed by atoms with E-state index in [-0.39, 0.29) is 5.91 Å². The molecule has 0 bridgehead atoms. The van der Waals surface area contributed by atoms with Crippen molar-refractivity contribution in [2.45, 2.75) is 20.8 Å². The third-order valence-corrected chi connectivity index (χ3v) is 3.83. The summed E-state index contributed by atoms with van der Waals surface area (Å²) in [6, 6.07) is 3.89. The molecular weight excluding hydrogens is 264 g/mol. The summed E-state index contributed by atoms with van der Waals surface area (Å²) in [5, 5.41) is 2.92. The number of nitrogens with one attached hydrogen (secondary N) is 1. The SMILES string of the molecule is CCN1CCN(c2ccnc(C(=O)NCC(C)C)c2)CC1. The highest BCUT2D eigenvalue weighted by Crippen LogP contribution is 2.16. The van der Waals surface area contributed by atoms with E-state index in [0.717, 1.165) is 38.4 Å². The predicted molar refractivity (Wildman–Crippen MR) is 85.7 cm³/mol. The lowest BCUT2D eigenvalue weighted by atomic mass is 10.2. The number of piperazine rings is 1. The van der Waals surface area contributed by atoms with Gasteiger partial charge >= 0.3 is 0 Å². The Labute approximate surface area is 127 Å². The van der Waals surface area contributed by atoms with E-state index in [1.165, 1.54) is 0 Å². The van der Waals surface area contributed by atoms with Crippen molar-refractivity contribution in [2.24, 2.45) is 5.92 Å². The number of aromatic nitrogens is 1. The van der Waals surface area contributed by atoms with Crippen molar-refractivity contribution in [3.05, 3.63) is 24.0 Å². The van der Waals surface area contributed by atoms with E-state index in [1.807, 2.05) is 12.1 Å². The molecule has 0 atom stereocenters. The highest BCUT2D eigenvalue weighted by Gasteiger charge is 2.17. The number of likely N-dealkylation sites (N-methyl/N-ethyl adjacent to an activating group) is 1. The molecule has 116 valence electrons. The maximum atomic E-state index is 12.1. The van der Waals surface area contributed by atoms with Gasteiger partial charge in [0.2, 0.25) is 0 Å². The molecule has 1 aromatic rings. The quantitative estimate of drug-likeness (QED) is 0.895. The van der Waals surface area contributed by atoms with Crippen LogP contribution in [-0.2, 0) is 0 Å². The van der Waals surface area contributed by atoms with Crippen LogP contribution in [0.15, 0.2) is 18.3 Å². The smallest absolute Gasteiger partial charge is 0.269 e. The standard InChI is InChI=1S/C16H26N4O/c1-4-19-7-9-20(10-8-19)14-5-6-17-15(11-14)16(21)18-12-13(2)3/h5-6,11,13H,4,7-10,12H2,1-3H3,(H,18,21). The van der Waals surface area contributed by atoms with Crippen LogP contribution in [0.1, 0.15) is 31.3 Å². The Morgan fingerprint density at radius 3 is 2.67 bits per heavy atom. The van der Waals surface area contributed by atoms with Crippen molar-refractivity contribution in [1.29, 1.82) is 0 Å². The number of nitrogens with zero attached hydrogens (tertiary/aromatic N) is 3. The van der Waals surface area contributed by atoms with Crippen molar-refractivity contribution in [1.82, 2.24) is 15.2 Å². The molecule has 1 aliphatic rings. The fraction of sp³-hybridized carbons (Fsp3) is 0.625. The molecule has 5 nitrogen and oxygen atoms in total. The molecule has 1 aromatic heterocycles. The Hall–Kier alpha value is -1.62. The number of amides is 1. The zero-order chi connectivity index (χ0) is 15.2. The zero-order valence-corrected chi connectivity index (χ0v) is 13.3. The van der Waals surface area contributed by atoms with Gasteiger partial charge in [0.25, 0.3) is 5.91 Å². The third kappa shape index (κ3) is 4.43. The van der Waals surface area contributed by atoms with Gasteiger partial charge in [-0.05, 0) is 24.6 Å². The molecule has 0 radical (unpaired) electrons. The Balaban J connectivity index is 1.99. The molecule has 0 spiro atoms. The van der Waals surface area contributed by atoms with Gasteiger partial charge in [-0.2, -0.15) is 0 Å². The Morgan fingerprint density at radius 1 is 1.33 bits per heavy atom. The molecule has 1 fully saturated rings. The Kier molecular flexibility index (Phi) is 5.56. The molecule has 1 N–H and O–H groups in total. The number of hydrogen-bond donors (Lipinski definition) is 1. The molecule has 0 aromatic carbocycles. The molecule has 2 rings (SSSR count). The topological polar surface area (TPSA) is 48.5 Å². The summed E-state index contributed by atoms with van der Waals surface area (Å²) in [5.41, 5.74) is 1.60. The van der Waals surface area contributed by atoms with Gasteiger partial charge in [-0.25, -0.2) is 0 Å². The van der Waals surface area contributed by atoms with Gasteiger partial charge in [0.15, 0.2) is 0 Å². The van der Waals surface area contributed by atoms with Crippen LogP contribution >= 0.6 is 0 Å². The van der Waals surface area contributed by atoms with Crippen LogP contribution < -0.4 is 10.2 Å². The van der Waals surface area contributed by atoms with Crippen molar-refractivity contribution in [3.8, 4) is 0 Å². The summed E-state index contributed by atoms with van der Waals surface area (Å²) in [4.78, 5) is 21.0. The van der Waals surface area contributed by atoms with Gasteiger partial charge in [0.05, 0.1) is 0 Å². The van der Waals surface area contributed by atoms with E-state index in [2.05, 4.69) is 40.9 Å². The molecule has 0 aliphatic carbocycles. The van der Waals surface area contributed by atoms with Gasteiger partial charge in [-0.3, -0.25) is 9.78 Å². The number of carbonyl (C=O) groups is 1. The number of anilines is 1. The monoisotopic (exact) mass is 290 g/mol. The van der Waals surface area contributed by atoms with Gasteiger partial charge in [0.1, 0.15) is 5.69 Å². The third-order valence-electron chi connectivity index (χ3n) is 3.83. The summed E-state index contributed by atoms with van der Waals surface area (Å²) in [5.74, 6) is 0.358. The summed E-state index contributed by atoms with van der Waals surface area (Å²) >= 11 is 0. The van der Waals surface area contributed by atoms with E-state index in [1.54, 1.807) is 6.20 Å². The van der Waals surface area contributed by atoms with Crippen LogP contribution in [-0.4, -0.2) is 55.1 Å². The second kappa shape index (κ2) is 7.41. The van der Waals surface area contributed by atoms with Gasteiger partial charge in [-0.15, -0.1) is 0 Å². The first-order valence-corrected chi connectivity index (χ1v) is 7.81. The number of pyridine rings is 1. The molecule has 5 heteroatoms. The molecule has 1 amide bonds. The van der Waals surface area contributed by atoms with Gasteiger partial charge in [-0.1, -0.05) is 20.8 Å². The zero-order valence-electron chi connectivity index (χ0n) is 13.3. The molecule has 1 saturated heterocycles. The molecule has 0 unspecified atom stereocenters. The Bertz CT molecular complexity index is 467. The lowest BCUT2D eigenvalue weighted by molar-refractivity contribution is 0.0944. The highest BCUT2D eigenvalue weighted by molar-refractivity contribution is 5.93. The number of carbonyl (C=O) groups excluding carboxylic acids is 1. The summed E-state index contributed by atoms with van der Waals surface area (Å²) in [6.07, 6.45) is 1.73. The van der Waals surface area contributed by atoms with E-state index in [4.69, 9.17) is 0 Å². The average Bonchev–Trinajstić information content (AvgIpc) is 2.52. The van der Waals surface area contributed by atoms with Crippen molar-refractivity contribution in [2.75, 3.05) is 44.2 Å². The van der Waals surface area contributed by atoms with Crippen molar-refractivity contribution in [3.63, 3.8) is 0 Å². The fourth-order valence-corrected chi connectivity index (χ4v) is 2.45. The molecule has 21 heavy (non-hydrogen) atoms. The van der Waals surface area contributed by atoms with Crippen molar-refractivity contribution >= 4 is 11.6 Å². The largest absolute Gasteiger partial charge is 0.369 e. The van der Waals surface area contributed by atoms with Crippen LogP contribution in [0.3, 0.4) is 0 Å². The van der Waals surface area contributed by atoms with Gasteiger partial charge in [0, 0.05) is 44.6 Å². The van der Waals surface area contributed by atoms with Crippen LogP contribution in [0.2, 0.25) is 0 Å². The van der Waals surface area contributed by atoms with Crippen LogP contribution in [0.4, 0.5) is 5.69 Å². The minimum absolute atomic E-state index is 0.0854. The predicted octanol–water partition coefficient (Wildman–Crippen LogP) is 1.61. The second-order valence-electron chi connectivity index (χ2n) is 5.92. The minimum Gasteiger partial charge on any atom is -0.369 e. The summed E-state index contributed by atoms with van der Waals surface area (Å²) < 4.78 is 0. The fourth-order valence-electron chi connectivity index (χ4n) is 2.45. The molecule has 1 aliphatic heterocycles. The Morgan fingerprint density at radius 2 is 2.05 bits per heavy atom. The normalized spacial score (nSPS) is 16.3. The molecule has 0 saturated carbocycles. The van der Waals surface area contributed by atoms with Gasteiger partial charge < -0.3 is 15.1 Å². The first-order chi connectivity index (χ1) is 10.1. The van der Waals surface area contributed by atoms with E-state index in [9.17, 15) is 4.79 Å². The highest BCUT2D eigenvalue weighted by atomic mass is 16.1. The second-order valence-corrected chi connectivity index (χ2v) is 5.92. The first kappa shape index (κ1) is 15.8. The average molecular weight is 290 g/mol. The maximum Gasteiger partial charge on any atom is 0.269 e. The number of hydrogen-bond acceptors (Lipinski definition) is 4. The first-order valence-electron chi connectivity index (χ1n) is 7.81.